The van der Waals surface area contributed by atoms with Crippen LogP contribution in [0.3, 0.4) is 0 Å². The van der Waals surface area contributed by atoms with Gasteiger partial charge < -0.3 is 5.32 Å². The molecule has 0 aromatic heterocycles. The first kappa shape index (κ1) is 14.0. The van der Waals surface area contributed by atoms with Crippen LogP contribution in [-0.2, 0) is 6.54 Å². The second-order valence-electron chi connectivity index (χ2n) is 5.59. The molecule has 1 saturated carbocycles. The summed E-state index contributed by atoms with van der Waals surface area (Å²) in [6.45, 7) is 4.70. The van der Waals surface area contributed by atoms with Crippen molar-refractivity contribution in [2.75, 3.05) is 0 Å². The van der Waals surface area contributed by atoms with E-state index in [1.807, 2.05) is 12.1 Å². The lowest BCUT2D eigenvalue weighted by Gasteiger charge is -2.20. The molecule has 1 aliphatic carbocycles. The molecule has 0 amide bonds. The summed E-state index contributed by atoms with van der Waals surface area (Å²) in [6.07, 6.45) is 5.30. The van der Waals surface area contributed by atoms with Crippen molar-refractivity contribution in [1.82, 2.24) is 5.32 Å². The summed E-state index contributed by atoms with van der Waals surface area (Å²) in [5, 5.41) is 14.4. The maximum Gasteiger partial charge on any atom is 0.272 e. The minimum Gasteiger partial charge on any atom is -0.310 e. The Morgan fingerprint density at radius 3 is 2.74 bits per heavy atom. The molecule has 1 aliphatic rings. The van der Waals surface area contributed by atoms with E-state index in [4.69, 9.17) is 0 Å². The van der Waals surface area contributed by atoms with E-state index in [9.17, 15) is 10.1 Å². The largest absolute Gasteiger partial charge is 0.310 e. The van der Waals surface area contributed by atoms with Crippen molar-refractivity contribution in [3.8, 4) is 0 Å². The first-order valence-corrected chi connectivity index (χ1v) is 7.05. The molecule has 1 fully saturated rings. The van der Waals surface area contributed by atoms with Gasteiger partial charge in [0.15, 0.2) is 0 Å². The molecule has 1 atom stereocenters. The third-order valence-electron chi connectivity index (χ3n) is 4.21. The summed E-state index contributed by atoms with van der Waals surface area (Å²) in [7, 11) is 0. The van der Waals surface area contributed by atoms with Crippen molar-refractivity contribution >= 4 is 5.69 Å². The van der Waals surface area contributed by atoms with Crippen LogP contribution in [0, 0.1) is 23.0 Å². The molecule has 19 heavy (non-hydrogen) atoms. The third kappa shape index (κ3) is 3.53. The summed E-state index contributed by atoms with van der Waals surface area (Å²) >= 11 is 0. The zero-order valence-corrected chi connectivity index (χ0v) is 11.7. The summed E-state index contributed by atoms with van der Waals surface area (Å²) in [6, 6.07) is 5.97. The first-order chi connectivity index (χ1) is 9.08. The van der Waals surface area contributed by atoms with Crippen LogP contribution in [-0.4, -0.2) is 11.0 Å². The van der Waals surface area contributed by atoms with Crippen LogP contribution in [0.4, 0.5) is 5.69 Å². The number of hydrogen-bond acceptors (Lipinski definition) is 3. The second kappa shape index (κ2) is 6.15. The molecule has 0 aliphatic heterocycles. The minimum atomic E-state index is -0.306. The Balaban J connectivity index is 1.95. The number of aryl methyl sites for hydroxylation is 1. The molecule has 1 unspecified atom stereocenters. The number of benzene rings is 1. The van der Waals surface area contributed by atoms with Gasteiger partial charge in [0.05, 0.1) is 4.92 Å². The molecule has 1 N–H and O–H groups in total. The number of hydrogen-bond donors (Lipinski definition) is 1. The number of nitrogens with one attached hydrogen (secondary N) is 1. The van der Waals surface area contributed by atoms with E-state index in [0.717, 1.165) is 17.0 Å². The summed E-state index contributed by atoms with van der Waals surface area (Å²) in [4.78, 5) is 10.6. The standard InChI is InChI=1S/C15H22N2O2/c1-11-7-8-13(9-15(11)17(18)19)10-16-12(2)14-5-3-4-6-14/h7-9,12,14,16H,3-6,10H2,1-2H3. The molecule has 0 heterocycles. The highest BCUT2D eigenvalue weighted by Crippen LogP contribution is 2.27. The van der Waals surface area contributed by atoms with Crippen LogP contribution in [0.15, 0.2) is 18.2 Å². The van der Waals surface area contributed by atoms with Crippen LogP contribution < -0.4 is 5.32 Å². The number of nitrogens with zero attached hydrogens (tertiary/aromatic N) is 1. The van der Waals surface area contributed by atoms with Gasteiger partial charge >= 0.3 is 0 Å². The molecule has 2 rings (SSSR count). The monoisotopic (exact) mass is 262 g/mol. The zero-order valence-electron chi connectivity index (χ0n) is 11.7. The summed E-state index contributed by atoms with van der Waals surface area (Å²) in [5.74, 6) is 0.764. The Hall–Kier alpha value is -1.42. The Bertz CT molecular complexity index is 453. The predicted molar refractivity (Wildman–Crippen MR) is 76.1 cm³/mol. The van der Waals surface area contributed by atoms with E-state index < -0.39 is 0 Å². The lowest BCUT2D eigenvalue weighted by molar-refractivity contribution is -0.385. The average Bonchev–Trinajstić information content (AvgIpc) is 2.91. The molecule has 1 aromatic carbocycles. The SMILES string of the molecule is Cc1ccc(CNC(C)C2CCCC2)cc1[N+](=O)[O-]. The topological polar surface area (TPSA) is 55.2 Å². The molecular formula is C15H22N2O2. The molecule has 0 saturated heterocycles. The predicted octanol–water partition coefficient (Wildman–Crippen LogP) is 3.57. The third-order valence-corrected chi connectivity index (χ3v) is 4.21. The average molecular weight is 262 g/mol. The second-order valence-corrected chi connectivity index (χ2v) is 5.59. The van der Waals surface area contributed by atoms with Gasteiger partial charge in [-0.25, -0.2) is 0 Å². The van der Waals surface area contributed by atoms with E-state index in [2.05, 4.69) is 12.2 Å². The quantitative estimate of drug-likeness (QED) is 0.652. The lowest BCUT2D eigenvalue weighted by Crippen LogP contribution is -2.31. The van der Waals surface area contributed by atoms with Crippen LogP contribution in [0.25, 0.3) is 0 Å². The van der Waals surface area contributed by atoms with Crippen LogP contribution in [0.2, 0.25) is 0 Å². The molecule has 4 nitrogen and oxygen atoms in total. The highest BCUT2D eigenvalue weighted by atomic mass is 16.6. The fourth-order valence-corrected chi connectivity index (χ4v) is 2.86. The Labute approximate surface area is 114 Å². The van der Waals surface area contributed by atoms with Gasteiger partial charge in [0, 0.05) is 24.2 Å². The number of nitro benzene ring substituents is 1. The van der Waals surface area contributed by atoms with Gasteiger partial charge in [-0.2, -0.15) is 0 Å². The molecule has 104 valence electrons. The maximum absolute atomic E-state index is 10.9. The maximum atomic E-state index is 10.9. The van der Waals surface area contributed by atoms with Crippen molar-refractivity contribution in [3.63, 3.8) is 0 Å². The smallest absolute Gasteiger partial charge is 0.272 e. The van der Waals surface area contributed by atoms with Gasteiger partial charge in [0.25, 0.3) is 5.69 Å². The van der Waals surface area contributed by atoms with Crippen molar-refractivity contribution in [3.05, 3.63) is 39.4 Å². The summed E-state index contributed by atoms with van der Waals surface area (Å²) in [5.41, 5.74) is 1.92. The van der Waals surface area contributed by atoms with Crippen LogP contribution in [0.5, 0.6) is 0 Å². The normalized spacial score (nSPS) is 17.6. The van der Waals surface area contributed by atoms with Gasteiger partial charge in [-0.15, -0.1) is 0 Å². The fourth-order valence-electron chi connectivity index (χ4n) is 2.86. The minimum absolute atomic E-state index is 0.216. The highest BCUT2D eigenvalue weighted by Gasteiger charge is 2.21. The molecule has 0 spiro atoms. The van der Waals surface area contributed by atoms with Gasteiger partial charge in [-0.1, -0.05) is 25.0 Å². The van der Waals surface area contributed by atoms with E-state index in [0.29, 0.717) is 12.6 Å². The Kier molecular flexibility index (Phi) is 4.53. The van der Waals surface area contributed by atoms with Gasteiger partial charge in [0.2, 0.25) is 0 Å². The van der Waals surface area contributed by atoms with Crippen LogP contribution >= 0.6 is 0 Å². The molecule has 0 radical (unpaired) electrons. The van der Waals surface area contributed by atoms with Crippen molar-refractivity contribution in [2.24, 2.45) is 5.92 Å². The van der Waals surface area contributed by atoms with E-state index in [1.165, 1.54) is 25.7 Å². The van der Waals surface area contributed by atoms with E-state index in [-0.39, 0.29) is 10.6 Å². The highest BCUT2D eigenvalue weighted by molar-refractivity contribution is 5.42. The Morgan fingerprint density at radius 1 is 1.42 bits per heavy atom. The van der Waals surface area contributed by atoms with Crippen molar-refractivity contribution in [2.45, 2.75) is 52.1 Å². The Morgan fingerprint density at radius 2 is 2.11 bits per heavy atom. The molecule has 0 bridgehead atoms. The zero-order chi connectivity index (χ0) is 13.8. The van der Waals surface area contributed by atoms with Gasteiger partial charge in [-0.05, 0) is 38.2 Å². The number of rotatable bonds is 5. The van der Waals surface area contributed by atoms with Gasteiger partial charge in [-0.3, -0.25) is 10.1 Å². The first-order valence-electron chi connectivity index (χ1n) is 7.05. The molecule has 1 aromatic rings. The number of nitro groups is 1. The van der Waals surface area contributed by atoms with Crippen molar-refractivity contribution in [1.29, 1.82) is 0 Å². The molecular weight excluding hydrogens is 240 g/mol. The van der Waals surface area contributed by atoms with Crippen LogP contribution in [0.1, 0.15) is 43.7 Å². The van der Waals surface area contributed by atoms with Gasteiger partial charge in [0.1, 0.15) is 0 Å². The lowest BCUT2D eigenvalue weighted by atomic mass is 9.99. The van der Waals surface area contributed by atoms with Crippen molar-refractivity contribution < 1.29 is 4.92 Å². The van der Waals surface area contributed by atoms with E-state index >= 15 is 0 Å². The molecule has 4 heteroatoms. The van der Waals surface area contributed by atoms with E-state index in [1.54, 1.807) is 13.0 Å². The summed E-state index contributed by atoms with van der Waals surface area (Å²) < 4.78 is 0. The fraction of sp³-hybridized carbons (Fsp3) is 0.600.